The molecule has 1 fully saturated rings. The highest BCUT2D eigenvalue weighted by atomic mass is 16.6. The number of imidazole rings is 1. The van der Waals surface area contributed by atoms with Crippen LogP contribution in [0.2, 0.25) is 0 Å². The molecule has 2 amide bonds. The topological polar surface area (TPSA) is 85.7 Å². The average molecular weight is 328 g/mol. The van der Waals surface area contributed by atoms with Gasteiger partial charge in [0.05, 0.1) is 24.5 Å². The Labute approximate surface area is 138 Å². The number of hydrogen-bond donors (Lipinski definition) is 1. The summed E-state index contributed by atoms with van der Waals surface area (Å²) in [6.07, 6.45) is 2.82. The predicted octanol–water partition coefficient (Wildman–Crippen LogP) is 1.23. The van der Waals surface area contributed by atoms with Gasteiger partial charge in [0.25, 0.3) is 0 Å². The number of nitrogens with one attached hydrogen (secondary N) is 1. The van der Waals surface area contributed by atoms with E-state index in [9.17, 15) is 9.59 Å². The first-order valence-corrected chi connectivity index (χ1v) is 7.64. The van der Waals surface area contributed by atoms with E-state index in [1.54, 1.807) is 11.1 Å². The molecule has 124 valence electrons. The molecule has 0 bridgehead atoms. The van der Waals surface area contributed by atoms with E-state index in [1.165, 1.54) is 6.92 Å². The number of ether oxygens (including phenoxy) is 2. The molecular formula is C16H16N4O4. The first-order valence-electron chi connectivity index (χ1n) is 7.64. The van der Waals surface area contributed by atoms with Gasteiger partial charge in [-0.2, -0.15) is 0 Å². The molecule has 24 heavy (non-hydrogen) atoms. The zero-order valence-electron chi connectivity index (χ0n) is 13.1. The van der Waals surface area contributed by atoms with Gasteiger partial charge in [-0.25, -0.2) is 9.78 Å². The number of carbonyl (C=O) groups excluding carboxylic acids is 2. The van der Waals surface area contributed by atoms with Crippen LogP contribution in [-0.2, 0) is 16.1 Å². The Morgan fingerprint density at radius 3 is 3.17 bits per heavy atom. The van der Waals surface area contributed by atoms with Gasteiger partial charge in [0.15, 0.2) is 5.82 Å². The second-order valence-corrected chi connectivity index (χ2v) is 5.71. The van der Waals surface area contributed by atoms with Crippen LogP contribution in [0, 0.1) is 0 Å². The lowest BCUT2D eigenvalue weighted by atomic mass is 10.2. The number of carbonyl (C=O) groups is 2. The number of nitrogens with zero attached hydrogens (tertiary/aromatic N) is 3. The standard InChI is InChI=1S/C16H16N4O4/c1-10(21)18-7-12-8-20(16(22)24-12)11-2-3-13-14(6-11)23-9-15-17-4-5-19(13)15/h2-6,12H,7-9H2,1H3,(H,18,21)/t12-/m0/s1. The predicted molar refractivity (Wildman–Crippen MR) is 84.2 cm³/mol. The van der Waals surface area contributed by atoms with Crippen LogP contribution in [-0.4, -0.2) is 40.7 Å². The van der Waals surface area contributed by atoms with Crippen molar-refractivity contribution in [3.63, 3.8) is 0 Å². The fourth-order valence-corrected chi connectivity index (χ4v) is 2.88. The molecule has 2 aromatic rings. The summed E-state index contributed by atoms with van der Waals surface area (Å²) in [4.78, 5) is 28.8. The van der Waals surface area contributed by atoms with Gasteiger partial charge in [-0.3, -0.25) is 14.3 Å². The summed E-state index contributed by atoms with van der Waals surface area (Å²) >= 11 is 0. The van der Waals surface area contributed by atoms with Gasteiger partial charge in [-0.05, 0) is 12.1 Å². The SMILES string of the molecule is CC(=O)NC[C@H]1CN(c2ccc3c(c2)OCc2nccn2-3)C(=O)O1. The summed E-state index contributed by atoms with van der Waals surface area (Å²) in [6, 6.07) is 5.56. The van der Waals surface area contributed by atoms with E-state index in [-0.39, 0.29) is 12.0 Å². The largest absolute Gasteiger partial charge is 0.483 e. The maximum atomic E-state index is 12.1. The average Bonchev–Trinajstić information content (AvgIpc) is 3.18. The van der Waals surface area contributed by atoms with Crippen molar-refractivity contribution in [2.75, 3.05) is 18.0 Å². The molecule has 0 radical (unpaired) electrons. The Morgan fingerprint density at radius 1 is 1.46 bits per heavy atom. The van der Waals surface area contributed by atoms with E-state index in [1.807, 2.05) is 29.0 Å². The van der Waals surface area contributed by atoms with Gasteiger partial charge in [0, 0.05) is 25.4 Å². The van der Waals surface area contributed by atoms with Gasteiger partial charge in [-0.15, -0.1) is 0 Å². The van der Waals surface area contributed by atoms with Crippen molar-refractivity contribution in [3.8, 4) is 11.4 Å². The Kier molecular flexibility index (Phi) is 3.37. The number of cyclic esters (lactones) is 1. The number of fused-ring (bicyclic) bond motifs is 3. The van der Waals surface area contributed by atoms with Crippen LogP contribution in [0.1, 0.15) is 12.7 Å². The normalized spacial score (nSPS) is 18.5. The summed E-state index contributed by atoms with van der Waals surface area (Å²) in [7, 11) is 0. The van der Waals surface area contributed by atoms with Crippen molar-refractivity contribution >= 4 is 17.7 Å². The minimum absolute atomic E-state index is 0.150. The van der Waals surface area contributed by atoms with Crippen LogP contribution in [0.4, 0.5) is 10.5 Å². The summed E-state index contributed by atoms with van der Waals surface area (Å²) in [5.74, 6) is 1.38. The molecule has 1 saturated heterocycles. The number of rotatable bonds is 3. The van der Waals surface area contributed by atoms with Gasteiger partial charge >= 0.3 is 6.09 Å². The fraction of sp³-hybridized carbons (Fsp3) is 0.312. The van der Waals surface area contributed by atoms with Crippen LogP contribution >= 0.6 is 0 Å². The minimum atomic E-state index is -0.426. The fourth-order valence-electron chi connectivity index (χ4n) is 2.88. The van der Waals surface area contributed by atoms with Crippen LogP contribution in [0.25, 0.3) is 5.69 Å². The smallest absolute Gasteiger partial charge is 0.414 e. The van der Waals surface area contributed by atoms with Gasteiger partial charge in [-0.1, -0.05) is 0 Å². The van der Waals surface area contributed by atoms with Crippen molar-refractivity contribution in [1.82, 2.24) is 14.9 Å². The number of aromatic nitrogens is 2. The van der Waals surface area contributed by atoms with E-state index in [2.05, 4.69) is 10.3 Å². The van der Waals surface area contributed by atoms with Crippen LogP contribution in [0.5, 0.6) is 5.75 Å². The number of hydrogen-bond acceptors (Lipinski definition) is 5. The first kappa shape index (κ1) is 14.6. The molecular weight excluding hydrogens is 312 g/mol. The third-order valence-electron chi connectivity index (χ3n) is 4.04. The van der Waals surface area contributed by atoms with Crippen molar-refractivity contribution in [2.24, 2.45) is 0 Å². The summed E-state index contributed by atoms with van der Waals surface area (Å²) in [6.45, 7) is 2.50. The molecule has 1 atom stereocenters. The Bertz CT molecular complexity index is 816. The third-order valence-corrected chi connectivity index (χ3v) is 4.04. The Balaban J connectivity index is 1.56. The molecule has 1 N–H and O–H groups in total. The molecule has 3 heterocycles. The molecule has 8 heteroatoms. The van der Waals surface area contributed by atoms with Crippen LogP contribution < -0.4 is 15.0 Å². The van der Waals surface area contributed by atoms with Gasteiger partial charge in [0.1, 0.15) is 18.5 Å². The molecule has 1 aromatic heterocycles. The highest BCUT2D eigenvalue weighted by Gasteiger charge is 2.33. The number of benzene rings is 1. The van der Waals surface area contributed by atoms with Gasteiger partial charge in [0.2, 0.25) is 5.91 Å². The molecule has 0 saturated carbocycles. The van der Waals surface area contributed by atoms with Gasteiger partial charge < -0.3 is 14.8 Å². The highest BCUT2D eigenvalue weighted by molar-refractivity contribution is 5.90. The summed E-state index contributed by atoms with van der Waals surface area (Å²) in [5.41, 5.74) is 1.59. The van der Waals surface area contributed by atoms with E-state index >= 15 is 0 Å². The minimum Gasteiger partial charge on any atom is -0.483 e. The van der Waals surface area contributed by atoms with E-state index < -0.39 is 6.09 Å². The molecule has 2 aliphatic heterocycles. The van der Waals surface area contributed by atoms with Crippen molar-refractivity contribution in [1.29, 1.82) is 0 Å². The zero-order valence-corrected chi connectivity index (χ0v) is 13.1. The van der Waals surface area contributed by atoms with Crippen LogP contribution in [0.3, 0.4) is 0 Å². The van der Waals surface area contributed by atoms with Crippen molar-refractivity contribution in [2.45, 2.75) is 19.6 Å². The monoisotopic (exact) mass is 328 g/mol. The maximum absolute atomic E-state index is 12.1. The lowest BCUT2D eigenvalue weighted by Crippen LogP contribution is -2.33. The van der Waals surface area contributed by atoms with Crippen molar-refractivity contribution < 1.29 is 19.1 Å². The Hall–Kier alpha value is -3.03. The Morgan fingerprint density at radius 2 is 2.33 bits per heavy atom. The van der Waals surface area contributed by atoms with Crippen molar-refractivity contribution in [3.05, 3.63) is 36.4 Å². The lowest BCUT2D eigenvalue weighted by molar-refractivity contribution is -0.119. The van der Waals surface area contributed by atoms with E-state index in [0.29, 0.717) is 31.1 Å². The molecule has 0 aliphatic carbocycles. The van der Waals surface area contributed by atoms with E-state index in [4.69, 9.17) is 9.47 Å². The number of anilines is 1. The maximum Gasteiger partial charge on any atom is 0.414 e. The molecule has 4 rings (SSSR count). The quantitative estimate of drug-likeness (QED) is 0.916. The molecule has 8 nitrogen and oxygen atoms in total. The second-order valence-electron chi connectivity index (χ2n) is 5.71. The third kappa shape index (κ3) is 2.45. The summed E-state index contributed by atoms with van der Waals surface area (Å²) < 4.78 is 13.0. The second kappa shape index (κ2) is 5.55. The molecule has 1 aromatic carbocycles. The summed E-state index contributed by atoms with van der Waals surface area (Å²) in [5, 5.41) is 2.66. The molecule has 0 spiro atoms. The van der Waals surface area contributed by atoms with Crippen LogP contribution in [0.15, 0.2) is 30.6 Å². The zero-order chi connectivity index (χ0) is 16.7. The molecule has 2 aliphatic rings. The highest BCUT2D eigenvalue weighted by Crippen LogP contribution is 2.34. The van der Waals surface area contributed by atoms with E-state index in [0.717, 1.165) is 11.5 Å². The first-order chi connectivity index (χ1) is 11.6. The number of amides is 2. The molecule has 0 unspecified atom stereocenters. The lowest BCUT2D eigenvalue weighted by Gasteiger charge is -2.22.